The van der Waals surface area contributed by atoms with Crippen LogP contribution in [-0.4, -0.2) is 17.9 Å². The third kappa shape index (κ3) is 0.850. The highest BCUT2D eigenvalue weighted by atomic mass is 16.6. The summed E-state index contributed by atoms with van der Waals surface area (Å²) in [4.78, 5) is 23.6. The molecule has 15 heavy (non-hydrogen) atoms. The standard InChI is InChI=1S/C12H8O3/c13-10-9-6-7-12(10,11(14)15-9)8-4-2-1-3-5-8/h1-7,9H. The van der Waals surface area contributed by atoms with E-state index in [9.17, 15) is 9.59 Å². The van der Waals surface area contributed by atoms with Crippen LogP contribution in [0.1, 0.15) is 5.56 Å². The average Bonchev–Trinajstić information content (AvgIpc) is 2.71. The lowest BCUT2D eigenvalue weighted by molar-refractivity contribution is -0.144. The molecule has 0 aromatic heterocycles. The average molecular weight is 200 g/mol. The number of ether oxygens (including phenoxy) is 1. The van der Waals surface area contributed by atoms with Crippen molar-refractivity contribution >= 4 is 11.8 Å². The van der Waals surface area contributed by atoms with E-state index in [1.807, 2.05) is 18.2 Å². The molecule has 2 bridgehead atoms. The Morgan fingerprint density at radius 1 is 1.13 bits per heavy atom. The smallest absolute Gasteiger partial charge is 0.329 e. The Hall–Kier alpha value is -1.90. The van der Waals surface area contributed by atoms with Gasteiger partial charge in [-0.2, -0.15) is 0 Å². The molecule has 2 aliphatic rings. The van der Waals surface area contributed by atoms with Gasteiger partial charge in [-0.15, -0.1) is 0 Å². The van der Waals surface area contributed by atoms with Gasteiger partial charge in [-0.25, -0.2) is 0 Å². The van der Waals surface area contributed by atoms with Gasteiger partial charge in [0, 0.05) is 0 Å². The zero-order valence-corrected chi connectivity index (χ0v) is 7.84. The minimum Gasteiger partial charge on any atom is -0.449 e. The van der Waals surface area contributed by atoms with Gasteiger partial charge in [-0.3, -0.25) is 9.59 Å². The predicted molar refractivity (Wildman–Crippen MR) is 52.1 cm³/mol. The molecule has 1 saturated heterocycles. The van der Waals surface area contributed by atoms with Gasteiger partial charge in [-0.05, 0) is 11.6 Å². The lowest BCUT2D eigenvalue weighted by Crippen LogP contribution is -2.34. The lowest BCUT2D eigenvalue weighted by Gasteiger charge is -2.17. The first-order chi connectivity index (χ1) is 7.25. The van der Waals surface area contributed by atoms with Crippen molar-refractivity contribution in [3.05, 3.63) is 48.0 Å². The second-order valence-electron chi connectivity index (χ2n) is 3.72. The predicted octanol–water partition coefficient (Wildman–Crippen LogP) is 0.989. The monoisotopic (exact) mass is 200 g/mol. The van der Waals surface area contributed by atoms with Gasteiger partial charge >= 0.3 is 5.97 Å². The molecule has 0 amide bonds. The molecule has 1 fully saturated rings. The van der Waals surface area contributed by atoms with Crippen LogP contribution in [0.15, 0.2) is 42.5 Å². The molecule has 3 heteroatoms. The number of Topliss-reactive ketones (excluding diaryl/α,β-unsaturated/α-hetero) is 1. The number of fused-ring (bicyclic) bond motifs is 2. The van der Waals surface area contributed by atoms with Gasteiger partial charge in [0.2, 0.25) is 5.78 Å². The summed E-state index contributed by atoms with van der Waals surface area (Å²) in [5.74, 6) is -0.620. The highest BCUT2D eigenvalue weighted by molar-refractivity contribution is 6.20. The van der Waals surface area contributed by atoms with E-state index < -0.39 is 17.5 Å². The zero-order chi connectivity index (χ0) is 10.5. The Balaban J connectivity index is 2.22. The van der Waals surface area contributed by atoms with Crippen LogP contribution in [-0.2, 0) is 19.7 Å². The lowest BCUT2D eigenvalue weighted by atomic mass is 9.80. The quantitative estimate of drug-likeness (QED) is 0.385. The van der Waals surface area contributed by atoms with Crippen molar-refractivity contribution in [1.29, 1.82) is 0 Å². The van der Waals surface area contributed by atoms with Crippen LogP contribution in [0.3, 0.4) is 0 Å². The van der Waals surface area contributed by atoms with Crippen LogP contribution >= 0.6 is 0 Å². The fourth-order valence-corrected chi connectivity index (χ4v) is 2.15. The Labute approximate surface area is 86.4 Å². The van der Waals surface area contributed by atoms with Crippen molar-refractivity contribution in [1.82, 2.24) is 0 Å². The molecule has 0 radical (unpaired) electrons. The Morgan fingerprint density at radius 2 is 1.87 bits per heavy atom. The number of carbonyl (C=O) groups is 2. The molecule has 0 saturated carbocycles. The van der Waals surface area contributed by atoms with E-state index in [0.717, 1.165) is 0 Å². The summed E-state index contributed by atoms with van der Waals surface area (Å²) in [6, 6.07) is 9.02. The Morgan fingerprint density at radius 3 is 2.40 bits per heavy atom. The van der Waals surface area contributed by atoms with E-state index in [4.69, 9.17) is 4.74 Å². The van der Waals surface area contributed by atoms with Crippen LogP contribution in [0.5, 0.6) is 0 Å². The first kappa shape index (κ1) is 8.41. The van der Waals surface area contributed by atoms with Crippen molar-refractivity contribution < 1.29 is 14.3 Å². The first-order valence-electron chi connectivity index (χ1n) is 4.75. The molecule has 1 heterocycles. The summed E-state index contributed by atoms with van der Waals surface area (Å²) in [5, 5.41) is 0. The maximum absolute atomic E-state index is 11.9. The van der Waals surface area contributed by atoms with Crippen molar-refractivity contribution in [2.24, 2.45) is 0 Å². The normalized spacial score (nSPS) is 32.1. The largest absolute Gasteiger partial charge is 0.449 e. The van der Waals surface area contributed by atoms with E-state index in [-0.39, 0.29) is 5.78 Å². The topological polar surface area (TPSA) is 43.4 Å². The molecule has 1 aromatic carbocycles. The third-order valence-electron chi connectivity index (χ3n) is 2.95. The summed E-state index contributed by atoms with van der Waals surface area (Å²) < 4.78 is 4.96. The van der Waals surface area contributed by atoms with Crippen LogP contribution in [0.4, 0.5) is 0 Å². The molecule has 2 unspecified atom stereocenters. The van der Waals surface area contributed by atoms with Crippen LogP contribution in [0, 0.1) is 0 Å². The van der Waals surface area contributed by atoms with E-state index in [1.165, 1.54) is 0 Å². The fraction of sp³-hybridized carbons (Fsp3) is 0.167. The summed E-state index contributed by atoms with van der Waals surface area (Å²) in [6.07, 6.45) is 2.63. The number of rotatable bonds is 1. The summed E-state index contributed by atoms with van der Waals surface area (Å²) >= 11 is 0. The minimum absolute atomic E-state index is 0.168. The molecule has 74 valence electrons. The molecule has 3 rings (SSSR count). The van der Waals surface area contributed by atoms with Crippen LogP contribution < -0.4 is 0 Å². The molecular formula is C12H8O3. The van der Waals surface area contributed by atoms with Gasteiger partial charge in [0.05, 0.1) is 0 Å². The third-order valence-corrected chi connectivity index (χ3v) is 2.95. The first-order valence-corrected chi connectivity index (χ1v) is 4.75. The maximum atomic E-state index is 11.9. The van der Waals surface area contributed by atoms with Gasteiger partial charge in [0.15, 0.2) is 11.5 Å². The highest BCUT2D eigenvalue weighted by Gasteiger charge is 2.59. The molecular weight excluding hydrogens is 192 g/mol. The summed E-state index contributed by atoms with van der Waals surface area (Å²) in [5.41, 5.74) is -0.470. The molecule has 0 N–H and O–H groups in total. The number of hydrogen-bond acceptors (Lipinski definition) is 3. The van der Waals surface area contributed by atoms with Crippen molar-refractivity contribution in [2.75, 3.05) is 0 Å². The molecule has 2 atom stereocenters. The van der Waals surface area contributed by atoms with E-state index in [2.05, 4.69) is 0 Å². The molecule has 1 aliphatic heterocycles. The summed E-state index contributed by atoms with van der Waals surface area (Å²) in [7, 11) is 0. The molecule has 3 nitrogen and oxygen atoms in total. The van der Waals surface area contributed by atoms with Gasteiger partial charge < -0.3 is 4.74 Å². The fourth-order valence-electron chi connectivity index (χ4n) is 2.15. The van der Waals surface area contributed by atoms with E-state index in [0.29, 0.717) is 5.56 Å². The van der Waals surface area contributed by atoms with Crippen molar-refractivity contribution in [3.8, 4) is 0 Å². The SMILES string of the molecule is O=C1OC2C=CC1(c1ccccc1)C2=O. The number of esters is 1. The van der Waals surface area contributed by atoms with Crippen molar-refractivity contribution in [2.45, 2.75) is 11.5 Å². The van der Waals surface area contributed by atoms with E-state index in [1.54, 1.807) is 24.3 Å². The molecule has 1 aliphatic carbocycles. The highest BCUT2D eigenvalue weighted by Crippen LogP contribution is 2.41. The molecule has 1 aromatic rings. The number of hydrogen-bond donors (Lipinski definition) is 0. The number of carbonyl (C=O) groups excluding carboxylic acids is 2. The van der Waals surface area contributed by atoms with Gasteiger partial charge in [0.25, 0.3) is 0 Å². The second kappa shape index (κ2) is 2.57. The minimum atomic E-state index is -1.16. The molecule has 0 spiro atoms. The number of benzene rings is 1. The van der Waals surface area contributed by atoms with Crippen LogP contribution in [0.25, 0.3) is 0 Å². The van der Waals surface area contributed by atoms with Gasteiger partial charge in [-0.1, -0.05) is 36.4 Å². The van der Waals surface area contributed by atoms with Crippen molar-refractivity contribution in [3.63, 3.8) is 0 Å². The van der Waals surface area contributed by atoms with E-state index >= 15 is 0 Å². The zero-order valence-electron chi connectivity index (χ0n) is 7.84. The Bertz CT molecular complexity index is 475. The second-order valence-corrected chi connectivity index (χ2v) is 3.72. The maximum Gasteiger partial charge on any atom is 0.329 e. The number of ketones is 1. The summed E-state index contributed by atoms with van der Waals surface area (Å²) in [6.45, 7) is 0. The van der Waals surface area contributed by atoms with Crippen LogP contribution in [0.2, 0.25) is 0 Å². The van der Waals surface area contributed by atoms with Gasteiger partial charge in [0.1, 0.15) is 0 Å². The Kier molecular flexibility index (Phi) is 1.44.